The predicted molar refractivity (Wildman–Crippen MR) is 102 cm³/mol. The first kappa shape index (κ1) is 17.1. The Hall–Kier alpha value is -2.34. The van der Waals surface area contributed by atoms with E-state index in [1.807, 2.05) is 37.1 Å². The number of aryl methyl sites for hydroxylation is 2. The molecule has 0 saturated carbocycles. The molecule has 26 heavy (non-hydrogen) atoms. The number of imidazole rings is 1. The fourth-order valence-electron chi connectivity index (χ4n) is 4.29. The average Bonchev–Trinajstić information content (AvgIpc) is 3.12. The van der Waals surface area contributed by atoms with Gasteiger partial charge in [0.2, 0.25) is 0 Å². The Morgan fingerprint density at radius 3 is 2.69 bits per heavy atom. The fraction of sp³-hybridized carbons (Fsp3) is 0.500. The van der Waals surface area contributed by atoms with Crippen LogP contribution in [0.5, 0.6) is 0 Å². The van der Waals surface area contributed by atoms with Crippen LogP contribution in [-0.2, 0) is 12.1 Å². The Morgan fingerprint density at radius 1 is 1.15 bits per heavy atom. The molecule has 6 nitrogen and oxygen atoms in total. The van der Waals surface area contributed by atoms with E-state index >= 15 is 0 Å². The maximum atomic E-state index is 12.8. The number of hydrogen-bond acceptors (Lipinski definition) is 3. The number of nitrogens with one attached hydrogen (secondary N) is 1. The highest BCUT2D eigenvalue weighted by atomic mass is 16.2. The third-order valence-electron chi connectivity index (χ3n) is 6.05. The molecule has 2 aliphatic rings. The molecule has 0 unspecified atom stereocenters. The summed E-state index contributed by atoms with van der Waals surface area (Å²) >= 11 is 0. The van der Waals surface area contributed by atoms with Gasteiger partial charge in [-0.05, 0) is 50.9 Å². The Kier molecular flexibility index (Phi) is 4.23. The van der Waals surface area contributed by atoms with E-state index in [0.29, 0.717) is 0 Å². The van der Waals surface area contributed by atoms with E-state index in [1.54, 1.807) is 0 Å². The van der Waals surface area contributed by atoms with Gasteiger partial charge in [-0.2, -0.15) is 0 Å². The molecule has 6 heteroatoms. The van der Waals surface area contributed by atoms with Gasteiger partial charge in [0, 0.05) is 44.3 Å². The first-order valence-electron chi connectivity index (χ1n) is 9.36. The molecule has 1 aromatic heterocycles. The SMILES string of the molecule is Cc1ccc(C)c(NC(=O)N2CCC3(CC2)c2nccn2CCN3C)c1. The highest BCUT2D eigenvalue weighted by Gasteiger charge is 2.45. The number of fused-ring (bicyclic) bond motifs is 2. The van der Waals surface area contributed by atoms with Crippen molar-refractivity contribution < 1.29 is 4.79 Å². The number of carbonyl (C=O) groups is 1. The number of hydrogen-bond donors (Lipinski definition) is 1. The van der Waals surface area contributed by atoms with Gasteiger partial charge in [0.25, 0.3) is 0 Å². The van der Waals surface area contributed by atoms with Crippen molar-refractivity contribution in [3.63, 3.8) is 0 Å². The van der Waals surface area contributed by atoms with Crippen LogP contribution in [0.1, 0.15) is 29.8 Å². The molecule has 0 atom stereocenters. The molecular formula is C20H27N5O. The number of nitrogens with zero attached hydrogens (tertiary/aromatic N) is 4. The van der Waals surface area contributed by atoms with Crippen molar-refractivity contribution in [1.82, 2.24) is 19.4 Å². The van der Waals surface area contributed by atoms with Gasteiger partial charge in [-0.1, -0.05) is 12.1 Å². The smallest absolute Gasteiger partial charge is 0.321 e. The normalized spacial score (nSPS) is 19.4. The Labute approximate surface area is 154 Å². The van der Waals surface area contributed by atoms with Crippen LogP contribution in [0.15, 0.2) is 30.6 Å². The first-order chi connectivity index (χ1) is 12.5. The average molecular weight is 353 g/mol. The van der Waals surface area contributed by atoms with Crippen molar-refractivity contribution in [1.29, 1.82) is 0 Å². The largest absolute Gasteiger partial charge is 0.332 e. The third-order valence-corrected chi connectivity index (χ3v) is 6.05. The molecular weight excluding hydrogens is 326 g/mol. The molecule has 0 aliphatic carbocycles. The van der Waals surface area contributed by atoms with Crippen LogP contribution in [0.2, 0.25) is 0 Å². The predicted octanol–water partition coefficient (Wildman–Crippen LogP) is 2.97. The molecule has 0 bridgehead atoms. The summed E-state index contributed by atoms with van der Waals surface area (Å²) in [5.41, 5.74) is 3.10. The second-order valence-corrected chi connectivity index (χ2v) is 7.63. The lowest BCUT2D eigenvalue weighted by Gasteiger charge is -2.49. The summed E-state index contributed by atoms with van der Waals surface area (Å²) in [5.74, 6) is 1.15. The zero-order valence-electron chi connectivity index (χ0n) is 15.8. The molecule has 2 amide bonds. The number of piperidine rings is 1. The zero-order valence-corrected chi connectivity index (χ0v) is 15.8. The lowest BCUT2D eigenvalue weighted by molar-refractivity contribution is 0.0197. The highest BCUT2D eigenvalue weighted by Crippen LogP contribution is 2.39. The molecule has 1 saturated heterocycles. The topological polar surface area (TPSA) is 53.4 Å². The van der Waals surface area contributed by atoms with E-state index in [-0.39, 0.29) is 11.6 Å². The number of aromatic nitrogens is 2. The van der Waals surface area contributed by atoms with Gasteiger partial charge in [0.15, 0.2) is 0 Å². The minimum absolute atomic E-state index is 0.00430. The fourth-order valence-corrected chi connectivity index (χ4v) is 4.29. The van der Waals surface area contributed by atoms with Crippen LogP contribution in [0.4, 0.5) is 10.5 Å². The van der Waals surface area contributed by atoms with Crippen LogP contribution in [-0.4, -0.2) is 52.1 Å². The quantitative estimate of drug-likeness (QED) is 0.857. The maximum Gasteiger partial charge on any atom is 0.321 e. The highest BCUT2D eigenvalue weighted by molar-refractivity contribution is 5.90. The summed E-state index contributed by atoms with van der Waals surface area (Å²) in [6, 6.07) is 6.14. The van der Waals surface area contributed by atoms with Crippen LogP contribution < -0.4 is 5.32 Å². The number of benzene rings is 1. The van der Waals surface area contributed by atoms with E-state index in [2.05, 4.69) is 39.1 Å². The molecule has 138 valence electrons. The van der Waals surface area contributed by atoms with Gasteiger partial charge in [-0.3, -0.25) is 4.90 Å². The Bertz CT molecular complexity index is 819. The second kappa shape index (κ2) is 6.43. The lowest BCUT2D eigenvalue weighted by Crippen LogP contribution is -2.57. The minimum atomic E-state index is -0.0439. The van der Waals surface area contributed by atoms with E-state index in [0.717, 1.165) is 61.7 Å². The molecule has 2 aliphatic heterocycles. The van der Waals surface area contributed by atoms with Gasteiger partial charge in [0.05, 0.1) is 5.54 Å². The van der Waals surface area contributed by atoms with Crippen LogP contribution in [0, 0.1) is 13.8 Å². The third kappa shape index (κ3) is 2.78. The molecule has 1 aromatic carbocycles. The van der Waals surface area contributed by atoms with Gasteiger partial charge in [-0.15, -0.1) is 0 Å². The van der Waals surface area contributed by atoms with E-state index in [9.17, 15) is 4.79 Å². The van der Waals surface area contributed by atoms with Gasteiger partial charge in [-0.25, -0.2) is 9.78 Å². The summed E-state index contributed by atoms with van der Waals surface area (Å²) < 4.78 is 2.27. The van der Waals surface area contributed by atoms with E-state index in [4.69, 9.17) is 0 Å². The Morgan fingerprint density at radius 2 is 1.92 bits per heavy atom. The minimum Gasteiger partial charge on any atom is -0.332 e. The molecule has 0 radical (unpaired) electrons. The number of anilines is 1. The number of urea groups is 1. The summed E-state index contributed by atoms with van der Waals surface area (Å²) in [4.78, 5) is 21.8. The van der Waals surface area contributed by atoms with Gasteiger partial charge < -0.3 is 14.8 Å². The number of carbonyl (C=O) groups excluding carboxylic acids is 1. The first-order valence-corrected chi connectivity index (χ1v) is 9.36. The molecule has 1 spiro atoms. The van der Waals surface area contributed by atoms with Gasteiger partial charge in [0.1, 0.15) is 5.82 Å². The van der Waals surface area contributed by atoms with Crippen LogP contribution >= 0.6 is 0 Å². The van der Waals surface area contributed by atoms with Crippen LogP contribution in [0.3, 0.4) is 0 Å². The molecule has 3 heterocycles. The van der Waals surface area contributed by atoms with Crippen molar-refractivity contribution in [3.8, 4) is 0 Å². The molecule has 1 fully saturated rings. The van der Waals surface area contributed by atoms with Crippen molar-refractivity contribution in [2.45, 2.75) is 38.8 Å². The van der Waals surface area contributed by atoms with E-state index < -0.39 is 0 Å². The van der Waals surface area contributed by atoms with Crippen LogP contribution in [0.25, 0.3) is 0 Å². The number of amides is 2. The molecule has 1 N–H and O–H groups in total. The van der Waals surface area contributed by atoms with Crippen molar-refractivity contribution in [2.75, 3.05) is 32.0 Å². The van der Waals surface area contributed by atoms with Crippen molar-refractivity contribution in [2.24, 2.45) is 0 Å². The summed E-state index contributed by atoms with van der Waals surface area (Å²) in [5, 5.41) is 3.09. The summed E-state index contributed by atoms with van der Waals surface area (Å²) in [6.07, 6.45) is 5.81. The van der Waals surface area contributed by atoms with Crippen molar-refractivity contribution >= 4 is 11.7 Å². The maximum absolute atomic E-state index is 12.8. The number of rotatable bonds is 1. The zero-order chi connectivity index (χ0) is 18.3. The molecule has 2 aromatic rings. The summed E-state index contributed by atoms with van der Waals surface area (Å²) in [6.45, 7) is 7.57. The number of likely N-dealkylation sites (N-methyl/N-ethyl adjacent to an activating group) is 1. The van der Waals surface area contributed by atoms with E-state index in [1.165, 1.54) is 0 Å². The Balaban J connectivity index is 1.47. The van der Waals surface area contributed by atoms with Gasteiger partial charge >= 0.3 is 6.03 Å². The monoisotopic (exact) mass is 353 g/mol. The second-order valence-electron chi connectivity index (χ2n) is 7.63. The standard InChI is InChI=1S/C20H27N5O/c1-15-4-5-16(2)17(14-15)22-19(26)25-9-6-20(7-10-25)18-21-8-11-24(18)13-12-23(20)3/h4-5,8,11,14H,6-7,9-10,12-13H2,1-3H3,(H,22,26). The van der Waals surface area contributed by atoms with Crippen molar-refractivity contribution in [3.05, 3.63) is 47.5 Å². The molecule has 4 rings (SSSR count). The summed E-state index contributed by atoms with van der Waals surface area (Å²) in [7, 11) is 2.18. The lowest BCUT2D eigenvalue weighted by atomic mass is 9.83. The number of likely N-dealkylation sites (tertiary alicyclic amines) is 1.